The van der Waals surface area contributed by atoms with Crippen molar-refractivity contribution < 1.29 is 14.3 Å². The van der Waals surface area contributed by atoms with E-state index in [-0.39, 0.29) is 17.9 Å². The molecule has 1 aliphatic rings. The summed E-state index contributed by atoms with van der Waals surface area (Å²) < 4.78 is 5.08. The lowest BCUT2D eigenvalue weighted by Crippen LogP contribution is -2.63. The highest BCUT2D eigenvalue weighted by Gasteiger charge is 2.39. The molecule has 0 radical (unpaired) electrons. The van der Waals surface area contributed by atoms with E-state index in [1.54, 1.807) is 6.92 Å². The molecule has 1 aliphatic heterocycles. The van der Waals surface area contributed by atoms with Crippen LogP contribution < -0.4 is 10.6 Å². The molecular weight excluding hydrogens is 256 g/mol. The van der Waals surface area contributed by atoms with E-state index in [2.05, 4.69) is 10.6 Å². The van der Waals surface area contributed by atoms with Crippen molar-refractivity contribution in [3.63, 3.8) is 0 Å². The second-order valence-corrected chi connectivity index (χ2v) is 4.76. The molecule has 2 unspecified atom stereocenters. The minimum Gasteiger partial charge on any atom is -0.465 e. The molecule has 5 nitrogen and oxygen atoms in total. The van der Waals surface area contributed by atoms with Crippen molar-refractivity contribution in [3.8, 4) is 0 Å². The van der Waals surface area contributed by atoms with Gasteiger partial charge in [0, 0.05) is 0 Å². The van der Waals surface area contributed by atoms with Crippen LogP contribution in [0, 0.1) is 0 Å². The second-order valence-electron chi connectivity index (χ2n) is 4.76. The summed E-state index contributed by atoms with van der Waals surface area (Å²) >= 11 is 0. The Labute approximate surface area is 118 Å². The molecule has 1 aromatic rings. The first-order valence-corrected chi connectivity index (χ1v) is 6.95. The largest absolute Gasteiger partial charge is 0.465 e. The molecule has 0 spiro atoms. The quantitative estimate of drug-likeness (QED) is 0.810. The third-order valence-corrected chi connectivity index (χ3v) is 3.45. The molecule has 0 bridgehead atoms. The Hall–Kier alpha value is -1.88. The summed E-state index contributed by atoms with van der Waals surface area (Å²) in [7, 11) is 0. The molecule has 1 aromatic carbocycles. The minimum absolute atomic E-state index is 0.108. The number of benzene rings is 1. The zero-order valence-electron chi connectivity index (χ0n) is 11.8. The second kappa shape index (κ2) is 6.52. The number of esters is 1. The van der Waals surface area contributed by atoms with Crippen LogP contribution in [0.5, 0.6) is 0 Å². The predicted molar refractivity (Wildman–Crippen MR) is 75.0 cm³/mol. The van der Waals surface area contributed by atoms with E-state index >= 15 is 0 Å². The van der Waals surface area contributed by atoms with Gasteiger partial charge in [-0.2, -0.15) is 0 Å². The van der Waals surface area contributed by atoms with Crippen LogP contribution in [0.1, 0.15) is 31.9 Å². The molecule has 0 aliphatic carbocycles. The number of rotatable bonds is 4. The third-order valence-electron chi connectivity index (χ3n) is 3.45. The number of carbonyl (C=O) groups is 2. The summed E-state index contributed by atoms with van der Waals surface area (Å²) in [5.41, 5.74) is 0.842. The summed E-state index contributed by atoms with van der Waals surface area (Å²) in [6.07, 6.45) is 0.670. The average molecular weight is 276 g/mol. The Morgan fingerprint density at radius 2 is 1.95 bits per heavy atom. The van der Waals surface area contributed by atoms with Gasteiger partial charge < -0.3 is 10.1 Å². The molecule has 2 N–H and O–H groups in total. The standard InChI is InChI=1S/C15H20N2O3/c1-3-11-13(15(19)20-4-2)17-12(14(18)16-11)10-8-6-5-7-9-10/h5-9,11-13,17H,3-4H2,1-2H3,(H,16,18)/t11?,12-,13?/m0/s1. The van der Waals surface area contributed by atoms with Gasteiger partial charge in [-0.25, -0.2) is 0 Å². The van der Waals surface area contributed by atoms with Gasteiger partial charge in [-0.3, -0.25) is 14.9 Å². The highest BCUT2D eigenvalue weighted by molar-refractivity contribution is 5.88. The monoisotopic (exact) mass is 276 g/mol. The van der Waals surface area contributed by atoms with Gasteiger partial charge in [0.05, 0.1) is 12.6 Å². The molecule has 108 valence electrons. The molecular formula is C15H20N2O3. The Bertz CT molecular complexity index is 475. The molecule has 20 heavy (non-hydrogen) atoms. The molecule has 1 fully saturated rings. The molecule has 0 aromatic heterocycles. The first-order valence-electron chi connectivity index (χ1n) is 6.95. The van der Waals surface area contributed by atoms with Crippen LogP contribution in [-0.2, 0) is 14.3 Å². The van der Waals surface area contributed by atoms with Crippen LogP contribution >= 0.6 is 0 Å². The van der Waals surface area contributed by atoms with Crippen LogP contribution in [0.2, 0.25) is 0 Å². The minimum atomic E-state index is -0.520. The number of hydrogen-bond acceptors (Lipinski definition) is 4. The Morgan fingerprint density at radius 3 is 2.55 bits per heavy atom. The fraction of sp³-hybridized carbons (Fsp3) is 0.467. The van der Waals surface area contributed by atoms with Crippen LogP contribution in [0.3, 0.4) is 0 Å². The Kier molecular flexibility index (Phi) is 4.74. The summed E-state index contributed by atoms with van der Waals surface area (Å²) in [6, 6.07) is 8.10. The lowest BCUT2D eigenvalue weighted by Gasteiger charge is -2.36. The van der Waals surface area contributed by atoms with Crippen molar-refractivity contribution in [2.24, 2.45) is 0 Å². The van der Waals surface area contributed by atoms with Crippen molar-refractivity contribution in [2.75, 3.05) is 6.61 Å². The highest BCUT2D eigenvalue weighted by atomic mass is 16.5. The maximum Gasteiger partial charge on any atom is 0.325 e. The van der Waals surface area contributed by atoms with Crippen LogP contribution in [0.15, 0.2) is 30.3 Å². The zero-order valence-corrected chi connectivity index (χ0v) is 11.8. The summed E-state index contributed by atoms with van der Waals surface area (Å²) in [6.45, 7) is 4.04. The molecule has 3 atom stereocenters. The van der Waals surface area contributed by atoms with Gasteiger partial charge in [-0.15, -0.1) is 0 Å². The van der Waals surface area contributed by atoms with Crippen LogP contribution in [-0.4, -0.2) is 30.6 Å². The normalized spacial score (nSPS) is 25.9. The molecule has 1 amide bonds. The third kappa shape index (κ3) is 2.99. The van der Waals surface area contributed by atoms with Gasteiger partial charge in [0.15, 0.2) is 0 Å². The van der Waals surface area contributed by atoms with Gasteiger partial charge >= 0.3 is 5.97 Å². The SMILES string of the molecule is CCOC(=O)C1N[C@@H](c2ccccc2)C(=O)NC1CC. The summed E-state index contributed by atoms with van der Waals surface area (Å²) in [4.78, 5) is 24.2. The Balaban J connectivity index is 2.20. The van der Waals surface area contributed by atoms with E-state index in [0.29, 0.717) is 13.0 Å². The summed E-state index contributed by atoms with van der Waals surface area (Å²) in [5.74, 6) is -0.427. The number of ether oxygens (including phenoxy) is 1. The number of carbonyl (C=O) groups excluding carboxylic acids is 2. The smallest absolute Gasteiger partial charge is 0.325 e. The number of piperazine rings is 1. The molecule has 0 saturated carbocycles. The van der Waals surface area contributed by atoms with Crippen molar-refractivity contribution >= 4 is 11.9 Å². The fourth-order valence-corrected chi connectivity index (χ4v) is 2.42. The van der Waals surface area contributed by atoms with Gasteiger partial charge in [0.2, 0.25) is 5.91 Å². The van der Waals surface area contributed by atoms with E-state index < -0.39 is 12.1 Å². The van der Waals surface area contributed by atoms with E-state index in [1.165, 1.54) is 0 Å². The van der Waals surface area contributed by atoms with Crippen molar-refractivity contribution in [3.05, 3.63) is 35.9 Å². The van der Waals surface area contributed by atoms with Gasteiger partial charge in [-0.1, -0.05) is 37.3 Å². The average Bonchev–Trinajstić information content (AvgIpc) is 2.48. The number of amides is 1. The molecule has 1 heterocycles. The molecule has 2 rings (SSSR count). The maximum absolute atomic E-state index is 12.2. The Morgan fingerprint density at radius 1 is 1.25 bits per heavy atom. The molecule has 1 saturated heterocycles. The van der Waals surface area contributed by atoms with E-state index in [9.17, 15) is 9.59 Å². The van der Waals surface area contributed by atoms with Gasteiger partial charge in [0.25, 0.3) is 0 Å². The van der Waals surface area contributed by atoms with Crippen LogP contribution in [0.4, 0.5) is 0 Å². The van der Waals surface area contributed by atoms with Crippen molar-refractivity contribution in [2.45, 2.75) is 38.4 Å². The first-order chi connectivity index (χ1) is 9.67. The van der Waals surface area contributed by atoms with Gasteiger partial charge in [0.1, 0.15) is 12.1 Å². The van der Waals surface area contributed by atoms with Gasteiger partial charge in [-0.05, 0) is 18.9 Å². The lowest BCUT2D eigenvalue weighted by atomic mass is 9.96. The fourth-order valence-electron chi connectivity index (χ4n) is 2.42. The van der Waals surface area contributed by atoms with Crippen LogP contribution in [0.25, 0.3) is 0 Å². The highest BCUT2D eigenvalue weighted by Crippen LogP contribution is 2.20. The molecule has 5 heteroatoms. The lowest BCUT2D eigenvalue weighted by molar-refractivity contribution is -0.148. The van der Waals surface area contributed by atoms with Crippen molar-refractivity contribution in [1.82, 2.24) is 10.6 Å². The first kappa shape index (κ1) is 14.5. The van der Waals surface area contributed by atoms with E-state index in [0.717, 1.165) is 5.56 Å². The van der Waals surface area contributed by atoms with Crippen molar-refractivity contribution in [1.29, 1.82) is 0 Å². The zero-order chi connectivity index (χ0) is 14.5. The van der Waals surface area contributed by atoms with E-state index in [1.807, 2.05) is 37.3 Å². The number of nitrogens with one attached hydrogen (secondary N) is 2. The predicted octanol–water partition coefficient (Wildman–Crippen LogP) is 1.16. The summed E-state index contributed by atoms with van der Waals surface area (Å²) in [5, 5.41) is 6.02. The number of hydrogen-bond donors (Lipinski definition) is 2. The topological polar surface area (TPSA) is 67.4 Å². The maximum atomic E-state index is 12.2. The van der Waals surface area contributed by atoms with E-state index in [4.69, 9.17) is 4.74 Å².